The zero-order chi connectivity index (χ0) is 23.3. The number of amides is 3. The van der Waals surface area contributed by atoms with Crippen molar-refractivity contribution in [3.63, 3.8) is 0 Å². The van der Waals surface area contributed by atoms with Gasteiger partial charge in [0.2, 0.25) is 17.7 Å². The van der Waals surface area contributed by atoms with Gasteiger partial charge < -0.3 is 20.6 Å². The van der Waals surface area contributed by atoms with Crippen LogP contribution < -0.4 is 10.6 Å². The Morgan fingerprint density at radius 2 is 1.97 bits per heavy atom. The number of nitrogens with one attached hydrogen (secondary N) is 2. The van der Waals surface area contributed by atoms with Crippen LogP contribution in [0.25, 0.3) is 0 Å². The minimum Gasteiger partial charge on any atom is -0.394 e. The summed E-state index contributed by atoms with van der Waals surface area (Å²) in [6.45, 7) is 6.07. The lowest BCUT2D eigenvalue weighted by Crippen LogP contribution is -2.54. The summed E-state index contributed by atoms with van der Waals surface area (Å²) >= 11 is 7.58. The Morgan fingerprint density at radius 3 is 2.59 bits per heavy atom. The molecule has 3 heterocycles. The predicted molar refractivity (Wildman–Crippen MR) is 126 cm³/mol. The number of likely N-dealkylation sites (tertiary alicyclic amines) is 1. The molecule has 2 bridgehead atoms. The number of carbonyl (C=O) groups is 3. The predicted octanol–water partition coefficient (Wildman–Crippen LogP) is 2.67. The first-order valence-electron chi connectivity index (χ1n) is 11.2. The number of nitrogens with zero attached hydrogens (tertiary/aromatic N) is 1. The highest BCUT2D eigenvalue weighted by atomic mass is 35.5. The van der Waals surface area contributed by atoms with Gasteiger partial charge in [-0.3, -0.25) is 14.4 Å². The van der Waals surface area contributed by atoms with Gasteiger partial charge in [-0.05, 0) is 57.4 Å². The molecule has 0 radical (unpaired) electrons. The molecule has 4 rings (SSSR count). The van der Waals surface area contributed by atoms with E-state index in [-0.39, 0.29) is 24.3 Å². The van der Waals surface area contributed by atoms with Gasteiger partial charge in [-0.15, -0.1) is 11.8 Å². The Hall–Kier alpha value is -1.77. The maximum atomic E-state index is 13.7. The molecular weight excluding hydrogens is 450 g/mol. The summed E-state index contributed by atoms with van der Waals surface area (Å²) in [5, 5.41) is 16.4. The summed E-state index contributed by atoms with van der Waals surface area (Å²) in [6.07, 6.45) is 2.25. The van der Waals surface area contributed by atoms with Crippen molar-refractivity contribution in [2.75, 3.05) is 18.5 Å². The Labute approximate surface area is 197 Å². The van der Waals surface area contributed by atoms with E-state index in [0.29, 0.717) is 23.7 Å². The topological polar surface area (TPSA) is 98.7 Å². The van der Waals surface area contributed by atoms with E-state index in [1.54, 1.807) is 43.0 Å². The summed E-state index contributed by atoms with van der Waals surface area (Å²) in [7, 11) is 0. The van der Waals surface area contributed by atoms with Gasteiger partial charge in [0.15, 0.2) is 0 Å². The average molecular weight is 480 g/mol. The second kappa shape index (κ2) is 8.54. The van der Waals surface area contributed by atoms with Crippen LogP contribution >= 0.6 is 23.4 Å². The Kier molecular flexibility index (Phi) is 6.24. The van der Waals surface area contributed by atoms with Crippen molar-refractivity contribution in [2.45, 2.75) is 61.6 Å². The fourth-order valence-electron chi connectivity index (χ4n) is 5.73. The summed E-state index contributed by atoms with van der Waals surface area (Å²) < 4.78 is -1.09. The summed E-state index contributed by atoms with van der Waals surface area (Å²) in [5.41, 5.74) is 0.587. The van der Waals surface area contributed by atoms with Gasteiger partial charge in [-0.1, -0.05) is 18.5 Å². The van der Waals surface area contributed by atoms with Gasteiger partial charge in [-0.2, -0.15) is 0 Å². The first kappa shape index (κ1) is 23.4. The third-order valence-corrected chi connectivity index (χ3v) is 9.38. The molecule has 174 valence electrons. The van der Waals surface area contributed by atoms with E-state index in [0.717, 1.165) is 12.8 Å². The molecule has 1 spiro atoms. The van der Waals surface area contributed by atoms with E-state index in [2.05, 4.69) is 10.6 Å². The number of anilines is 1. The molecule has 0 aliphatic carbocycles. The molecule has 32 heavy (non-hydrogen) atoms. The Morgan fingerprint density at radius 1 is 1.28 bits per heavy atom. The van der Waals surface area contributed by atoms with Crippen molar-refractivity contribution >= 4 is 46.8 Å². The SMILES string of the molecule is CCCNC(=O)[C@@H]1[C@H]2C(=O)N([C@H](C)CO)C(C(=O)Nc3ccc(Cl)cc3)C23CC[C@@]1(C)S3. The molecule has 9 heteroatoms. The molecular formula is C23H30ClN3O4S. The van der Waals surface area contributed by atoms with Crippen molar-refractivity contribution < 1.29 is 19.5 Å². The average Bonchev–Trinajstić information content (AvgIpc) is 3.33. The molecule has 1 aromatic carbocycles. The first-order chi connectivity index (χ1) is 15.2. The van der Waals surface area contributed by atoms with Crippen molar-refractivity contribution in [3.8, 4) is 0 Å². The third kappa shape index (κ3) is 3.51. The second-order valence-electron chi connectivity index (χ2n) is 9.29. The number of aliphatic hydroxyl groups is 1. The molecule has 1 aromatic rings. The molecule has 3 fully saturated rings. The van der Waals surface area contributed by atoms with Gasteiger partial charge in [-0.25, -0.2) is 0 Å². The molecule has 2 unspecified atom stereocenters. The quantitative estimate of drug-likeness (QED) is 0.558. The maximum absolute atomic E-state index is 13.7. The Bertz CT molecular complexity index is 928. The number of halogens is 1. The number of fused-ring (bicyclic) bond motifs is 1. The van der Waals surface area contributed by atoms with Gasteiger partial charge in [0.25, 0.3) is 0 Å². The van der Waals surface area contributed by atoms with Crippen molar-refractivity contribution in [3.05, 3.63) is 29.3 Å². The zero-order valence-corrected chi connectivity index (χ0v) is 20.1. The van der Waals surface area contributed by atoms with Gasteiger partial charge >= 0.3 is 0 Å². The molecule has 7 nitrogen and oxygen atoms in total. The summed E-state index contributed by atoms with van der Waals surface area (Å²) in [4.78, 5) is 42.1. The lowest BCUT2D eigenvalue weighted by Gasteiger charge is -2.36. The minimum absolute atomic E-state index is 0.114. The third-order valence-electron chi connectivity index (χ3n) is 7.15. The van der Waals surface area contributed by atoms with Crippen LogP contribution in [0.2, 0.25) is 5.02 Å². The fraction of sp³-hybridized carbons (Fsp3) is 0.609. The highest BCUT2D eigenvalue weighted by Gasteiger charge is 2.77. The largest absolute Gasteiger partial charge is 0.394 e. The highest BCUT2D eigenvalue weighted by molar-refractivity contribution is 8.02. The number of benzene rings is 1. The molecule has 3 aliphatic rings. The minimum atomic E-state index is -0.770. The normalized spacial score (nSPS) is 33.8. The lowest BCUT2D eigenvalue weighted by molar-refractivity contribution is -0.142. The van der Waals surface area contributed by atoms with Crippen LogP contribution in [-0.2, 0) is 14.4 Å². The number of carbonyl (C=O) groups excluding carboxylic acids is 3. The van der Waals surface area contributed by atoms with E-state index in [9.17, 15) is 19.5 Å². The van der Waals surface area contributed by atoms with Crippen LogP contribution in [0.3, 0.4) is 0 Å². The van der Waals surface area contributed by atoms with E-state index in [1.807, 2.05) is 13.8 Å². The van der Waals surface area contributed by atoms with Crippen molar-refractivity contribution in [1.29, 1.82) is 0 Å². The number of aliphatic hydroxyl groups excluding tert-OH is 1. The fourth-order valence-corrected chi connectivity index (χ4v) is 8.20. The first-order valence-corrected chi connectivity index (χ1v) is 12.4. The van der Waals surface area contributed by atoms with Crippen LogP contribution in [0.4, 0.5) is 5.69 Å². The van der Waals surface area contributed by atoms with E-state index in [4.69, 9.17) is 11.6 Å². The standard InChI is InChI=1S/C23H30ClN3O4S/c1-4-11-25-19(29)16-17-21(31)27(13(2)12-28)18(23(17)10-9-22(16,3)32-23)20(30)26-15-7-5-14(24)6-8-15/h5-8,13,16-18,28H,4,9-12H2,1-3H3,(H,25,29)(H,26,30)/t13-,16+,17+,18?,22-,23?/m1/s1. The van der Waals surface area contributed by atoms with Crippen LogP contribution in [0.15, 0.2) is 24.3 Å². The van der Waals surface area contributed by atoms with E-state index >= 15 is 0 Å². The second-order valence-corrected chi connectivity index (χ2v) is 11.6. The number of thioether (sulfide) groups is 1. The molecule has 6 atom stereocenters. The number of rotatable bonds is 7. The molecule has 3 amide bonds. The van der Waals surface area contributed by atoms with Gasteiger partial charge in [0.1, 0.15) is 6.04 Å². The molecule has 3 saturated heterocycles. The molecule has 3 N–H and O–H groups in total. The van der Waals surface area contributed by atoms with Gasteiger partial charge in [0.05, 0.1) is 29.2 Å². The smallest absolute Gasteiger partial charge is 0.248 e. The summed E-state index contributed by atoms with van der Waals surface area (Å²) in [6, 6.07) is 5.51. The van der Waals surface area contributed by atoms with Crippen LogP contribution in [0.5, 0.6) is 0 Å². The Balaban J connectivity index is 1.72. The maximum Gasteiger partial charge on any atom is 0.248 e. The summed E-state index contributed by atoms with van der Waals surface area (Å²) in [5.74, 6) is -1.71. The monoisotopic (exact) mass is 479 g/mol. The number of hydrogen-bond acceptors (Lipinski definition) is 5. The molecule has 0 aromatic heterocycles. The van der Waals surface area contributed by atoms with Crippen LogP contribution in [0, 0.1) is 11.8 Å². The lowest BCUT2D eigenvalue weighted by atomic mass is 9.66. The van der Waals surface area contributed by atoms with Crippen molar-refractivity contribution in [1.82, 2.24) is 10.2 Å². The van der Waals surface area contributed by atoms with Crippen LogP contribution in [0.1, 0.15) is 40.0 Å². The van der Waals surface area contributed by atoms with E-state index in [1.165, 1.54) is 4.90 Å². The molecule has 3 aliphatic heterocycles. The number of hydrogen-bond donors (Lipinski definition) is 3. The highest BCUT2D eigenvalue weighted by Crippen LogP contribution is 2.71. The van der Waals surface area contributed by atoms with Gasteiger partial charge in [0, 0.05) is 22.0 Å². The van der Waals surface area contributed by atoms with E-state index < -0.39 is 33.4 Å². The van der Waals surface area contributed by atoms with Crippen LogP contribution in [-0.4, -0.2) is 62.5 Å². The zero-order valence-electron chi connectivity index (χ0n) is 18.6. The van der Waals surface area contributed by atoms with Crippen molar-refractivity contribution in [2.24, 2.45) is 11.8 Å². The molecule has 0 saturated carbocycles.